The Labute approximate surface area is 164 Å². The Bertz CT molecular complexity index is 927. The summed E-state index contributed by atoms with van der Waals surface area (Å²) in [6.45, 7) is 2.51. The van der Waals surface area contributed by atoms with Crippen molar-refractivity contribution in [1.82, 2.24) is 20.5 Å². The van der Waals surface area contributed by atoms with Crippen molar-refractivity contribution in [1.29, 1.82) is 0 Å². The lowest BCUT2D eigenvalue weighted by Crippen LogP contribution is -2.30. The average Bonchev–Trinajstić information content (AvgIpc) is 3.41. The summed E-state index contributed by atoms with van der Waals surface area (Å²) in [5.41, 5.74) is 0.959. The first kappa shape index (κ1) is 17.9. The van der Waals surface area contributed by atoms with Gasteiger partial charge in [-0.3, -0.25) is 9.89 Å². The molecule has 140 valence electrons. The molecule has 3 heterocycles. The first-order valence-electron chi connectivity index (χ1n) is 8.44. The Morgan fingerprint density at radius 1 is 1.37 bits per heavy atom. The number of amides is 1. The molecule has 1 unspecified atom stereocenters. The van der Waals surface area contributed by atoms with Crippen molar-refractivity contribution in [2.24, 2.45) is 0 Å². The maximum atomic E-state index is 12.4. The van der Waals surface area contributed by atoms with Gasteiger partial charge in [0.15, 0.2) is 11.5 Å². The third kappa shape index (κ3) is 4.42. The van der Waals surface area contributed by atoms with Crippen LogP contribution in [0.3, 0.4) is 0 Å². The number of ether oxygens (including phenoxy) is 2. The number of thiophene rings is 1. The summed E-state index contributed by atoms with van der Waals surface area (Å²) in [4.78, 5) is 18.0. The van der Waals surface area contributed by atoms with E-state index in [0.29, 0.717) is 17.5 Å². The maximum Gasteiger partial charge on any atom is 0.233 e. The van der Waals surface area contributed by atoms with Crippen molar-refractivity contribution >= 4 is 29.0 Å². The van der Waals surface area contributed by atoms with E-state index in [-0.39, 0.29) is 18.0 Å². The molecule has 3 aromatic rings. The van der Waals surface area contributed by atoms with Crippen LogP contribution in [-0.4, -0.2) is 33.1 Å². The van der Waals surface area contributed by atoms with E-state index in [4.69, 9.17) is 9.47 Å². The molecule has 0 aliphatic carbocycles. The second kappa shape index (κ2) is 8.01. The van der Waals surface area contributed by atoms with Crippen molar-refractivity contribution in [2.75, 3.05) is 6.79 Å². The van der Waals surface area contributed by atoms with E-state index in [9.17, 15) is 4.79 Å². The molecule has 4 rings (SSSR count). The van der Waals surface area contributed by atoms with Crippen molar-refractivity contribution < 1.29 is 14.3 Å². The second-order valence-electron chi connectivity index (χ2n) is 5.99. The smallest absolute Gasteiger partial charge is 0.233 e. The standard InChI is InChI=1S/C18H18N4O3S2/c1-11(27-18-20-16(21-22-18)8-13-3-2-6-26-13)17(23)19-9-12-4-5-14-15(7-12)25-10-24-14/h2-7,11H,8-10H2,1H3,(H,19,23)(H,20,21,22). The van der Waals surface area contributed by atoms with E-state index in [1.54, 1.807) is 11.3 Å². The van der Waals surface area contributed by atoms with Gasteiger partial charge < -0.3 is 14.8 Å². The van der Waals surface area contributed by atoms with Crippen LogP contribution in [0.2, 0.25) is 0 Å². The monoisotopic (exact) mass is 402 g/mol. The maximum absolute atomic E-state index is 12.4. The van der Waals surface area contributed by atoms with Crippen molar-refractivity contribution in [2.45, 2.75) is 30.3 Å². The van der Waals surface area contributed by atoms with Gasteiger partial charge >= 0.3 is 0 Å². The molecule has 0 fully saturated rings. The van der Waals surface area contributed by atoms with Gasteiger partial charge in [-0.05, 0) is 36.1 Å². The molecule has 1 aliphatic rings. The Morgan fingerprint density at radius 3 is 3.11 bits per heavy atom. The van der Waals surface area contributed by atoms with E-state index in [1.165, 1.54) is 16.6 Å². The van der Waals surface area contributed by atoms with Gasteiger partial charge in [-0.2, -0.15) is 0 Å². The largest absolute Gasteiger partial charge is 0.454 e. The zero-order chi connectivity index (χ0) is 18.6. The topological polar surface area (TPSA) is 89.1 Å². The van der Waals surface area contributed by atoms with E-state index in [1.807, 2.05) is 36.6 Å². The number of rotatable bonds is 7. The Kier molecular flexibility index (Phi) is 5.30. The van der Waals surface area contributed by atoms with E-state index >= 15 is 0 Å². The number of thioether (sulfide) groups is 1. The quantitative estimate of drug-likeness (QED) is 0.591. The van der Waals surface area contributed by atoms with Gasteiger partial charge in [-0.1, -0.05) is 23.9 Å². The van der Waals surface area contributed by atoms with Crippen LogP contribution < -0.4 is 14.8 Å². The van der Waals surface area contributed by atoms with Crippen LogP contribution in [0.25, 0.3) is 0 Å². The van der Waals surface area contributed by atoms with Gasteiger partial charge in [0.05, 0.1) is 5.25 Å². The first-order chi connectivity index (χ1) is 13.2. The van der Waals surface area contributed by atoms with Crippen LogP contribution >= 0.6 is 23.1 Å². The minimum absolute atomic E-state index is 0.0673. The van der Waals surface area contributed by atoms with Gasteiger partial charge in [0.2, 0.25) is 17.9 Å². The normalized spacial score (nSPS) is 13.5. The SMILES string of the molecule is CC(Sc1n[nH]c(Cc2cccs2)n1)C(=O)NCc1ccc2c(c1)OCO2. The van der Waals surface area contributed by atoms with Gasteiger partial charge in [0, 0.05) is 17.8 Å². The molecule has 0 bridgehead atoms. The van der Waals surface area contributed by atoms with Crippen LogP contribution in [0.1, 0.15) is 23.2 Å². The number of H-pyrrole nitrogens is 1. The molecule has 1 atom stereocenters. The lowest BCUT2D eigenvalue weighted by molar-refractivity contribution is -0.120. The predicted molar refractivity (Wildman–Crippen MR) is 103 cm³/mol. The third-order valence-electron chi connectivity index (χ3n) is 3.99. The minimum Gasteiger partial charge on any atom is -0.454 e. The number of aromatic amines is 1. The zero-order valence-corrected chi connectivity index (χ0v) is 16.2. The number of hydrogen-bond donors (Lipinski definition) is 2. The molecule has 0 spiro atoms. The molecule has 1 aliphatic heterocycles. The van der Waals surface area contributed by atoms with Gasteiger partial charge in [-0.15, -0.1) is 16.4 Å². The summed E-state index contributed by atoms with van der Waals surface area (Å²) in [6, 6.07) is 9.72. The van der Waals surface area contributed by atoms with Crippen LogP contribution in [0.4, 0.5) is 0 Å². The fourth-order valence-electron chi connectivity index (χ4n) is 2.58. The molecular formula is C18H18N4O3S2. The number of nitrogens with zero attached hydrogens (tertiary/aromatic N) is 2. The van der Waals surface area contributed by atoms with Crippen molar-refractivity contribution in [3.05, 3.63) is 52.0 Å². The molecule has 2 N–H and O–H groups in total. The lowest BCUT2D eigenvalue weighted by atomic mass is 10.2. The Morgan fingerprint density at radius 2 is 2.26 bits per heavy atom. The molecule has 0 saturated heterocycles. The second-order valence-corrected chi connectivity index (χ2v) is 8.33. The van der Waals surface area contributed by atoms with E-state index < -0.39 is 0 Å². The number of benzene rings is 1. The fraction of sp³-hybridized carbons (Fsp3) is 0.278. The molecule has 2 aromatic heterocycles. The van der Waals surface area contributed by atoms with E-state index in [0.717, 1.165) is 23.6 Å². The summed E-state index contributed by atoms with van der Waals surface area (Å²) in [6.07, 6.45) is 0.718. The summed E-state index contributed by atoms with van der Waals surface area (Å²) in [5, 5.41) is 12.4. The highest BCUT2D eigenvalue weighted by Gasteiger charge is 2.18. The highest BCUT2D eigenvalue weighted by Crippen LogP contribution is 2.32. The van der Waals surface area contributed by atoms with Crippen LogP contribution in [-0.2, 0) is 17.8 Å². The highest BCUT2D eigenvalue weighted by molar-refractivity contribution is 8.00. The summed E-state index contributed by atoms with van der Waals surface area (Å²) in [7, 11) is 0. The molecule has 27 heavy (non-hydrogen) atoms. The lowest BCUT2D eigenvalue weighted by Gasteiger charge is -2.10. The highest BCUT2D eigenvalue weighted by atomic mass is 32.2. The Hall–Kier alpha value is -2.52. The summed E-state index contributed by atoms with van der Waals surface area (Å²) in [5.74, 6) is 2.18. The summed E-state index contributed by atoms with van der Waals surface area (Å²) < 4.78 is 10.6. The summed E-state index contributed by atoms with van der Waals surface area (Å²) >= 11 is 3.02. The van der Waals surface area contributed by atoms with Gasteiger partial charge in [0.1, 0.15) is 5.82 Å². The predicted octanol–water partition coefficient (Wildman–Crippen LogP) is 2.98. The number of hydrogen-bond acceptors (Lipinski definition) is 7. The van der Waals surface area contributed by atoms with Gasteiger partial charge in [0.25, 0.3) is 0 Å². The number of fused-ring (bicyclic) bond motifs is 1. The molecule has 0 saturated carbocycles. The number of nitrogens with one attached hydrogen (secondary N) is 2. The zero-order valence-electron chi connectivity index (χ0n) is 14.6. The van der Waals surface area contributed by atoms with Crippen LogP contribution in [0.5, 0.6) is 11.5 Å². The van der Waals surface area contributed by atoms with Crippen LogP contribution in [0, 0.1) is 0 Å². The van der Waals surface area contributed by atoms with Gasteiger partial charge in [-0.25, -0.2) is 4.98 Å². The molecule has 0 radical (unpaired) electrons. The van der Waals surface area contributed by atoms with Crippen molar-refractivity contribution in [3.63, 3.8) is 0 Å². The molecule has 1 aromatic carbocycles. The third-order valence-corrected chi connectivity index (χ3v) is 5.83. The molecule has 7 nitrogen and oxygen atoms in total. The Balaban J connectivity index is 1.28. The van der Waals surface area contributed by atoms with Crippen LogP contribution in [0.15, 0.2) is 40.9 Å². The first-order valence-corrected chi connectivity index (χ1v) is 10.2. The van der Waals surface area contributed by atoms with Crippen molar-refractivity contribution in [3.8, 4) is 11.5 Å². The minimum atomic E-state index is -0.301. The van der Waals surface area contributed by atoms with E-state index in [2.05, 4.69) is 26.6 Å². The molecule has 1 amide bonds. The number of carbonyl (C=O) groups excluding carboxylic acids is 1. The molecule has 9 heteroatoms. The fourth-order valence-corrected chi connectivity index (χ4v) is 4.06. The average molecular weight is 403 g/mol. The number of carbonyl (C=O) groups is 1. The molecular weight excluding hydrogens is 384 g/mol. The number of aromatic nitrogens is 3.